The molecule has 1 aromatic heterocycles. The van der Waals surface area contributed by atoms with Crippen LogP contribution >= 0.6 is 0 Å². The number of carbonyl (C=O) groups excluding carboxylic acids is 1. The van der Waals surface area contributed by atoms with Gasteiger partial charge in [0.05, 0.1) is 22.5 Å². The Morgan fingerprint density at radius 1 is 1.14 bits per heavy atom. The van der Waals surface area contributed by atoms with Crippen LogP contribution in [0.5, 0.6) is 5.75 Å². The first kappa shape index (κ1) is 18.6. The second-order valence-corrected chi connectivity index (χ2v) is 9.44. The number of sulfone groups is 1. The van der Waals surface area contributed by atoms with Crippen LogP contribution < -0.4 is 9.30 Å². The van der Waals surface area contributed by atoms with Gasteiger partial charge in [0.1, 0.15) is 12.8 Å². The summed E-state index contributed by atoms with van der Waals surface area (Å²) in [6.45, 7) is 0.602. The first-order chi connectivity index (χ1) is 13.4. The Hall–Kier alpha value is -2.73. The molecule has 6 heteroatoms. The number of hydrogen-bond donors (Lipinski definition) is 0. The zero-order chi connectivity index (χ0) is 19.9. The zero-order valence-corrected chi connectivity index (χ0v) is 16.7. The Bertz CT molecular complexity index is 1180. The van der Waals surface area contributed by atoms with E-state index >= 15 is 0 Å². The van der Waals surface area contributed by atoms with Gasteiger partial charge in [0.25, 0.3) is 5.69 Å². The number of fused-ring (bicyclic) bond motifs is 1. The predicted octanol–water partition coefficient (Wildman–Crippen LogP) is 3.34. The largest absolute Gasteiger partial charge is 0.493 e. The predicted molar refractivity (Wildman–Crippen MR) is 107 cm³/mol. The van der Waals surface area contributed by atoms with E-state index in [1.165, 1.54) is 6.26 Å². The standard InChI is InChI=1S/C22H22NO4S/c1-23-12-21(19-5-3-4-6-20(19)22(23)13-24)16-9-17(27-14-15-7-8-15)11-18(10-16)28(2,25)26/h3-6,9-13,15H,7-8,14H2,1-2H3/q+1. The quantitative estimate of drug-likeness (QED) is 0.474. The fourth-order valence-electron chi connectivity index (χ4n) is 3.36. The summed E-state index contributed by atoms with van der Waals surface area (Å²) in [5.41, 5.74) is 2.17. The molecule has 0 bridgehead atoms. The normalized spacial score (nSPS) is 14.2. The van der Waals surface area contributed by atoms with Gasteiger partial charge in [-0.05, 0) is 48.6 Å². The number of aldehydes is 1. The molecule has 0 N–H and O–H groups in total. The maximum Gasteiger partial charge on any atom is 0.253 e. The van der Waals surface area contributed by atoms with Crippen molar-refractivity contribution >= 4 is 26.9 Å². The summed E-state index contributed by atoms with van der Waals surface area (Å²) in [5.74, 6) is 1.12. The monoisotopic (exact) mass is 396 g/mol. The van der Waals surface area contributed by atoms with E-state index in [4.69, 9.17) is 4.74 Å². The topological polar surface area (TPSA) is 64.3 Å². The van der Waals surface area contributed by atoms with Gasteiger partial charge in [0.2, 0.25) is 6.29 Å². The number of rotatable bonds is 6. The van der Waals surface area contributed by atoms with Gasteiger partial charge in [0, 0.05) is 11.6 Å². The van der Waals surface area contributed by atoms with Gasteiger partial charge in [-0.15, -0.1) is 0 Å². The van der Waals surface area contributed by atoms with E-state index in [0.717, 1.165) is 41.0 Å². The molecule has 0 radical (unpaired) electrons. The van der Waals surface area contributed by atoms with Crippen molar-refractivity contribution in [3.05, 3.63) is 54.4 Å². The third-order valence-corrected chi connectivity index (χ3v) is 6.20. The molecule has 1 saturated carbocycles. The molecular weight excluding hydrogens is 374 g/mol. The molecule has 0 unspecified atom stereocenters. The average Bonchev–Trinajstić information content (AvgIpc) is 3.49. The molecular formula is C22H22NO4S+. The number of aryl methyl sites for hydroxylation is 1. The van der Waals surface area contributed by atoms with Crippen LogP contribution in [0.15, 0.2) is 53.6 Å². The summed E-state index contributed by atoms with van der Waals surface area (Å²) in [7, 11) is -1.59. The maximum absolute atomic E-state index is 12.2. The van der Waals surface area contributed by atoms with Crippen molar-refractivity contribution in [2.75, 3.05) is 12.9 Å². The van der Waals surface area contributed by atoms with E-state index in [1.807, 2.05) is 43.6 Å². The highest BCUT2D eigenvalue weighted by Crippen LogP contribution is 2.34. The molecule has 1 aliphatic carbocycles. The van der Waals surface area contributed by atoms with E-state index in [1.54, 1.807) is 16.7 Å². The first-order valence-corrected chi connectivity index (χ1v) is 11.1. The van der Waals surface area contributed by atoms with E-state index in [0.29, 0.717) is 24.0 Å². The minimum atomic E-state index is -3.40. The number of hydrogen-bond acceptors (Lipinski definition) is 4. The first-order valence-electron chi connectivity index (χ1n) is 9.21. The maximum atomic E-state index is 12.2. The van der Waals surface area contributed by atoms with Crippen LogP contribution in [0.2, 0.25) is 0 Å². The lowest BCUT2D eigenvalue weighted by molar-refractivity contribution is -0.671. The van der Waals surface area contributed by atoms with Crippen LogP contribution in [-0.2, 0) is 16.9 Å². The van der Waals surface area contributed by atoms with Crippen molar-refractivity contribution in [3.63, 3.8) is 0 Å². The van der Waals surface area contributed by atoms with E-state index in [-0.39, 0.29) is 4.90 Å². The molecule has 0 amide bonds. The third kappa shape index (κ3) is 3.64. The number of nitrogens with zero attached hydrogens (tertiary/aromatic N) is 1. The summed E-state index contributed by atoms with van der Waals surface area (Å²) in [5, 5.41) is 1.71. The van der Waals surface area contributed by atoms with Crippen LogP contribution in [-0.4, -0.2) is 27.6 Å². The fraction of sp³-hybridized carbons (Fsp3) is 0.273. The van der Waals surface area contributed by atoms with Crippen molar-refractivity contribution in [1.82, 2.24) is 0 Å². The van der Waals surface area contributed by atoms with E-state index < -0.39 is 9.84 Å². The van der Waals surface area contributed by atoms with Crippen molar-refractivity contribution in [2.45, 2.75) is 17.7 Å². The Labute approximate surface area is 164 Å². The number of benzene rings is 2. The molecule has 0 saturated heterocycles. The van der Waals surface area contributed by atoms with Crippen LogP contribution in [0.4, 0.5) is 0 Å². The molecule has 0 aliphatic heterocycles. The molecule has 1 aliphatic rings. The third-order valence-electron chi connectivity index (χ3n) is 5.11. The highest BCUT2D eigenvalue weighted by Gasteiger charge is 2.23. The average molecular weight is 396 g/mol. The molecule has 5 nitrogen and oxygen atoms in total. The van der Waals surface area contributed by atoms with Gasteiger partial charge in [-0.2, -0.15) is 4.57 Å². The molecule has 4 rings (SSSR count). The fourth-order valence-corrected chi connectivity index (χ4v) is 4.04. The van der Waals surface area contributed by atoms with Crippen molar-refractivity contribution < 1.29 is 22.5 Å². The SMILES string of the molecule is C[n+]1cc(-c2cc(OCC3CC3)cc(S(C)(=O)=O)c2)c2ccccc2c1C=O. The Kier molecular flexibility index (Phi) is 4.67. The second kappa shape index (κ2) is 7.02. The summed E-state index contributed by atoms with van der Waals surface area (Å²) < 4.78 is 32.1. The zero-order valence-electron chi connectivity index (χ0n) is 15.9. The smallest absolute Gasteiger partial charge is 0.253 e. The number of ether oxygens (including phenoxy) is 1. The lowest BCUT2D eigenvalue weighted by atomic mass is 9.99. The highest BCUT2D eigenvalue weighted by atomic mass is 32.2. The van der Waals surface area contributed by atoms with E-state index in [2.05, 4.69) is 0 Å². The van der Waals surface area contributed by atoms with Crippen molar-refractivity contribution in [2.24, 2.45) is 13.0 Å². The molecule has 0 spiro atoms. The Morgan fingerprint density at radius 2 is 1.86 bits per heavy atom. The van der Waals surface area contributed by atoms with Crippen molar-refractivity contribution in [1.29, 1.82) is 0 Å². The van der Waals surface area contributed by atoms with Crippen LogP contribution in [0.1, 0.15) is 23.3 Å². The molecule has 0 atom stereocenters. The Balaban J connectivity index is 1.93. The molecule has 144 valence electrons. The molecule has 28 heavy (non-hydrogen) atoms. The number of pyridine rings is 1. The second-order valence-electron chi connectivity index (χ2n) is 7.42. The molecule has 3 aromatic rings. The van der Waals surface area contributed by atoms with Gasteiger partial charge >= 0.3 is 0 Å². The highest BCUT2D eigenvalue weighted by molar-refractivity contribution is 7.90. The minimum absolute atomic E-state index is 0.224. The molecule has 2 aromatic carbocycles. The van der Waals surface area contributed by atoms with Gasteiger partial charge < -0.3 is 4.74 Å². The molecule has 1 heterocycles. The summed E-state index contributed by atoms with van der Waals surface area (Å²) in [6, 6.07) is 12.8. The molecule has 1 fully saturated rings. The van der Waals surface area contributed by atoms with Gasteiger partial charge in [-0.3, -0.25) is 4.79 Å². The van der Waals surface area contributed by atoms with Gasteiger partial charge in [-0.25, -0.2) is 8.42 Å². The van der Waals surface area contributed by atoms with Crippen LogP contribution in [0, 0.1) is 5.92 Å². The van der Waals surface area contributed by atoms with Crippen LogP contribution in [0.25, 0.3) is 21.9 Å². The lowest BCUT2D eigenvalue weighted by Gasteiger charge is -2.12. The summed E-state index contributed by atoms with van der Waals surface area (Å²) in [4.78, 5) is 11.8. The summed E-state index contributed by atoms with van der Waals surface area (Å²) >= 11 is 0. The minimum Gasteiger partial charge on any atom is -0.493 e. The summed E-state index contributed by atoms with van der Waals surface area (Å²) in [6.07, 6.45) is 6.21. The van der Waals surface area contributed by atoms with Crippen molar-refractivity contribution in [3.8, 4) is 16.9 Å². The van der Waals surface area contributed by atoms with Gasteiger partial charge in [0.15, 0.2) is 16.0 Å². The lowest BCUT2D eigenvalue weighted by Crippen LogP contribution is -2.33. The number of carbonyl (C=O) groups is 1. The Morgan fingerprint density at radius 3 is 2.50 bits per heavy atom. The van der Waals surface area contributed by atoms with Crippen LogP contribution in [0.3, 0.4) is 0 Å². The number of aromatic nitrogens is 1. The van der Waals surface area contributed by atoms with E-state index in [9.17, 15) is 13.2 Å². The van der Waals surface area contributed by atoms with Gasteiger partial charge in [-0.1, -0.05) is 18.2 Å².